The Morgan fingerprint density at radius 1 is 1.12 bits per heavy atom. The van der Waals surface area contributed by atoms with Crippen LogP contribution in [-0.4, -0.2) is 45.4 Å². The zero-order valence-corrected chi connectivity index (χ0v) is 16.4. The Morgan fingerprint density at radius 3 is 2.15 bits per heavy atom. The molecule has 0 spiro atoms. The average molecular weight is 384 g/mol. The van der Waals surface area contributed by atoms with Crippen LogP contribution in [0.2, 0.25) is 0 Å². The molecular formula is C18H28N2O5S. The van der Waals surface area contributed by atoms with Crippen LogP contribution < -0.4 is 5.14 Å². The lowest BCUT2D eigenvalue weighted by Gasteiger charge is -2.26. The van der Waals surface area contributed by atoms with E-state index in [1.54, 1.807) is 17.0 Å². The van der Waals surface area contributed by atoms with E-state index < -0.39 is 10.0 Å². The Balaban J connectivity index is 2.81. The first kappa shape index (κ1) is 22.1. The number of hydrogen-bond donors (Lipinski definition) is 1. The molecule has 1 amide bonds. The lowest BCUT2D eigenvalue weighted by atomic mass is 10.0. The number of hydrogen-bond acceptors (Lipinski definition) is 5. The summed E-state index contributed by atoms with van der Waals surface area (Å²) in [5, 5.41) is 5.09. The molecule has 0 unspecified atom stereocenters. The zero-order chi connectivity index (χ0) is 19.7. The second-order valence-electron chi connectivity index (χ2n) is 6.10. The number of esters is 1. The molecule has 1 aromatic carbocycles. The number of amides is 1. The maximum Gasteiger partial charge on any atom is 0.307 e. The van der Waals surface area contributed by atoms with E-state index in [9.17, 15) is 18.0 Å². The number of rotatable bonds is 10. The van der Waals surface area contributed by atoms with Crippen molar-refractivity contribution >= 4 is 21.9 Å². The summed E-state index contributed by atoms with van der Waals surface area (Å²) < 4.78 is 27.3. The molecule has 2 N–H and O–H groups in total. The molecule has 26 heavy (non-hydrogen) atoms. The molecule has 1 aromatic rings. The molecule has 0 bridgehead atoms. The molecule has 0 saturated carbocycles. The van der Waals surface area contributed by atoms with E-state index in [4.69, 9.17) is 5.14 Å². The number of nitrogens with two attached hydrogens (primary N) is 1. The summed E-state index contributed by atoms with van der Waals surface area (Å²) in [6.07, 6.45) is 2.19. The predicted molar refractivity (Wildman–Crippen MR) is 98.8 cm³/mol. The number of benzene rings is 1. The summed E-state index contributed by atoms with van der Waals surface area (Å²) in [6.45, 7) is 4.69. The number of sulfonamides is 1. The third-order valence-electron chi connectivity index (χ3n) is 4.38. The number of carbonyl (C=O) groups is 2. The van der Waals surface area contributed by atoms with E-state index in [0.717, 1.165) is 18.4 Å². The van der Waals surface area contributed by atoms with E-state index in [1.807, 2.05) is 13.8 Å². The van der Waals surface area contributed by atoms with Gasteiger partial charge in [-0.05, 0) is 37.0 Å². The molecular weight excluding hydrogens is 356 g/mol. The Morgan fingerprint density at radius 2 is 1.69 bits per heavy atom. The molecule has 1 rings (SSSR count). The second-order valence-corrected chi connectivity index (χ2v) is 7.67. The predicted octanol–water partition coefficient (Wildman–Crippen LogP) is 1.70. The highest BCUT2D eigenvalue weighted by Crippen LogP contribution is 2.14. The average Bonchev–Trinajstić information content (AvgIpc) is 2.62. The van der Waals surface area contributed by atoms with E-state index >= 15 is 0 Å². The van der Waals surface area contributed by atoms with Crippen molar-refractivity contribution in [2.75, 3.05) is 20.2 Å². The van der Waals surface area contributed by atoms with E-state index in [1.165, 1.54) is 19.2 Å². The Hall–Kier alpha value is -1.93. The highest BCUT2D eigenvalue weighted by atomic mass is 32.2. The van der Waals surface area contributed by atoms with Crippen LogP contribution in [0.3, 0.4) is 0 Å². The van der Waals surface area contributed by atoms with Crippen molar-refractivity contribution in [3.8, 4) is 0 Å². The van der Waals surface area contributed by atoms with Gasteiger partial charge in [-0.3, -0.25) is 9.59 Å². The summed E-state index contributed by atoms with van der Waals surface area (Å²) >= 11 is 0. The standard InChI is InChI=1S/C18H28N2O5S/c1-4-15(5-2)18(22)20(13-11-17(21)25-3)12-10-14-6-8-16(9-7-14)26(19,23)24/h6-9,15H,4-5,10-13H2,1-3H3,(H2,19,23,24). The number of methoxy groups -OCH3 is 1. The van der Waals surface area contributed by atoms with Crippen LogP contribution >= 0.6 is 0 Å². The van der Waals surface area contributed by atoms with Gasteiger partial charge in [-0.2, -0.15) is 0 Å². The highest BCUT2D eigenvalue weighted by molar-refractivity contribution is 7.89. The zero-order valence-electron chi connectivity index (χ0n) is 15.6. The molecule has 0 radical (unpaired) electrons. The highest BCUT2D eigenvalue weighted by Gasteiger charge is 2.22. The molecule has 0 aliphatic rings. The maximum atomic E-state index is 12.7. The largest absolute Gasteiger partial charge is 0.469 e. The van der Waals surface area contributed by atoms with Crippen molar-refractivity contribution in [1.82, 2.24) is 4.90 Å². The van der Waals surface area contributed by atoms with Gasteiger partial charge in [0, 0.05) is 19.0 Å². The van der Waals surface area contributed by atoms with Crippen LogP contribution in [0.25, 0.3) is 0 Å². The number of nitrogens with zero attached hydrogens (tertiary/aromatic N) is 1. The number of primary sulfonamides is 1. The second kappa shape index (κ2) is 10.3. The fourth-order valence-corrected chi connectivity index (χ4v) is 3.18. The van der Waals surface area contributed by atoms with Gasteiger partial charge >= 0.3 is 5.97 Å². The first-order valence-electron chi connectivity index (χ1n) is 8.70. The van der Waals surface area contributed by atoms with Gasteiger partial charge in [0.15, 0.2) is 0 Å². The summed E-state index contributed by atoms with van der Waals surface area (Å²) in [7, 11) is -2.40. The SMILES string of the molecule is CCC(CC)C(=O)N(CCC(=O)OC)CCc1ccc(S(N)(=O)=O)cc1. The van der Waals surface area contributed by atoms with Crippen molar-refractivity contribution < 1.29 is 22.7 Å². The minimum Gasteiger partial charge on any atom is -0.469 e. The molecule has 7 nitrogen and oxygen atoms in total. The topological polar surface area (TPSA) is 107 Å². The quantitative estimate of drug-likeness (QED) is 0.618. The van der Waals surface area contributed by atoms with Gasteiger partial charge in [-0.25, -0.2) is 13.6 Å². The van der Waals surface area contributed by atoms with Crippen LogP contribution in [0.4, 0.5) is 0 Å². The first-order chi connectivity index (χ1) is 12.2. The molecule has 0 aliphatic heterocycles. The summed E-state index contributed by atoms with van der Waals surface area (Å²) in [5.41, 5.74) is 0.887. The van der Waals surface area contributed by atoms with Crippen molar-refractivity contribution in [2.45, 2.75) is 44.4 Å². The minimum atomic E-state index is -3.72. The summed E-state index contributed by atoms with van der Waals surface area (Å²) in [4.78, 5) is 25.9. The van der Waals surface area contributed by atoms with Gasteiger partial charge in [-0.15, -0.1) is 0 Å². The molecule has 0 fully saturated rings. The Bertz CT molecular complexity index is 697. The van der Waals surface area contributed by atoms with Gasteiger partial charge in [0.1, 0.15) is 0 Å². The third kappa shape index (κ3) is 6.76. The van der Waals surface area contributed by atoms with Crippen LogP contribution in [0.15, 0.2) is 29.2 Å². The van der Waals surface area contributed by atoms with Gasteiger partial charge < -0.3 is 9.64 Å². The number of ether oxygens (including phenoxy) is 1. The fourth-order valence-electron chi connectivity index (χ4n) is 2.67. The molecule has 0 aliphatic carbocycles. The molecule has 0 aromatic heterocycles. The van der Waals surface area contributed by atoms with Gasteiger partial charge in [-0.1, -0.05) is 26.0 Å². The minimum absolute atomic E-state index is 0.0278. The van der Waals surface area contributed by atoms with E-state index in [-0.39, 0.29) is 29.1 Å². The lowest BCUT2D eigenvalue weighted by molar-refractivity contribution is -0.142. The Labute approximate surface area is 155 Å². The summed E-state index contributed by atoms with van der Waals surface area (Å²) in [5.74, 6) is -0.401. The van der Waals surface area contributed by atoms with Gasteiger partial charge in [0.05, 0.1) is 18.4 Å². The maximum absolute atomic E-state index is 12.7. The lowest BCUT2D eigenvalue weighted by Crippen LogP contribution is -2.38. The van der Waals surface area contributed by atoms with Crippen LogP contribution in [0, 0.1) is 5.92 Å². The van der Waals surface area contributed by atoms with E-state index in [0.29, 0.717) is 19.5 Å². The number of carbonyl (C=O) groups excluding carboxylic acids is 2. The van der Waals surface area contributed by atoms with Crippen molar-refractivity contribution in [3.63, 3.8) is 0 Å². The molecule has 0 atom stereocenters. The van der Waals surface area contributed by atoms with E-state index in [2.05, 4.69) is 4.74 Å². The fraction of sp³-hybridized carbons (Fsp3) is 0.556. The Kier molecular flexibility index (Phi) is 8.74. The van der Waals surface area contributed by atoms with Crippen molar-refractivity contribution in [2.24, 2.45) is 11.1 Å². The third-order valence-corrected chi connectivity index (χ3v) is 5.31. The monoisotopic (exact) mass is 384 g/mol. The van der Waals surface area contributed by atoms with Crippen molar-refractivity contribution in [3.05, 3.63) is 29.8 Å². The van der Waals surface area contributed by atoms with Gasteiger partial charge in [0.25, 0.3) is 0 Å². The smallest absolute Gasteiger partial charge is 0.307 e. The molecule has 8 heteroatoms. The van der Waals surface area contributed by atoms with Gasteiger partial charge in [0.2, 0.25) is 15.9 Å². The van der Waals surface area contributed by atoms with Crippen LogP contribution in [-0.2, 0) is 30.8 Å². The first-order valence-corrected chi connectivity index (χ1v) is 10.2. The normalized spacial score (nSPS) is 11.4. The van der Waals surface area contributed by atoms with Crippen LogP contribution in [0.1, 0.15) is 38.7 Å². The molecule has 0 saturated heterocycles. The molecule has 0 heterocycles. The molecule has 146 valence electrons. The summed E-state index contributed by atoms with van der Waals surface area (Å²) in [6, 6.07) is 6.26. The van der Waals surface area contributed by atoms with Crippen molar-refractivity contribution in [1.29, 1.82) is 0 Å². The van der Waals surface area contributed by atoms with Crippen LogP contribution in [0.5, 0.6) is 0 Å².